The van der Waals surface area contributed by atoms with Crippen molar-refractivity contribution in [1.29, 1.82) is 0 Å². The number of oxime groups is 1. The third-order valence-electron chi connectivity index (χ3n) is 3.92. The molecule has 0 fully saturated rings. The van der Waals surface area contributed by atoms with Gasteiger partial charge in [-0.3, -0.25) is 4.98 Å². The van der Waals surface area contributed by atoms with Gasteiger partial charge in [-0.15, -0.1) is 0 Å². The van der Waals surface area contributed by atoms with Gasteiger partial charge in [0.1, 0.15) is 31.8 Å². The van der Waals surface area contributed by atoms with Crippen molar-refractivity contribution in [2.75, 3.05) is 13.7 Å². The first kappa shape index (κ1) is 22.3. The topological polar surface area (TPSA) is 52.9 Å². The lowest BCUT2D eigenvalue weighted by Crippen LogP contribution is -2.25. The van der Waals surface area contributed by atoms with Crippen LogP contribution >= 0.6 is 0 Å². The van der Waals surface area contributed by atoms with Gasteiger partial charge in [-0.1, -0.05) is 23.4 Å². The van der Waals surface area contributed by atoms with Crippen LogP contribution in [0.4, 0.5) is 13.2 Å². The Labute approximate surface area is 167 Å². The van der Waals surface area contributed by atoms with Crippen molar-refractivity contribution in [2.45, 2.75) is 33.6 Å². The molecule has 0 aliphatic rings. The zero-order valence-corrected chi connectivity index (χ0v) is 16.7. The summed E-state index contributed by atoms with van der Waals surface area (Å²) in [6.45, 7) is 6.38. The van der Waals surface area contributed by atoms with Crippen molar-refractivity contribution in [3.8, 4) is 11.5 Å². The second-order valence-electron chi connectivity index (χ2n) is 6.23. The Bertz CT molecular complexity index is 853. The number of alkyl halides is 3. The average molecular weight is 408 g/mol. The van der Waals surface area contributed by atoms with Crippen LogP contribution in [0.1, 0.15) is 29.3 Å². The average Bonchev–Trinajstić information content (AvgIpc) is 2.65. The molecule has 0 spiro atoms. The molecule has 2 aromatic rings. The molecule has 0 saturated carbocycles. The molecule has 0 radical (unpaired) electrons. The number of halogens is 3. The maximum atomic E-state index is 13.0. The summed E-state index contributed by atoms with van der Waals surface area (Å²) in [6.07, 6.45) is 0.486. The standard InChI is InChI=1S/C21H23F3N2O3/c1-5-6-9-28-17-10-14(2)19(15(3)11-17)29-13-16-7-8-18(25-12-16)20(26-27-4)21(22,23)24/h5-8,10-12H,9,13H2,1-4H3/b6-5+,26-20-. The predicted molar refractivity (Wildman–Crippen MR) is 104 cm³/mol. The first-order chi connectivity index (χ1) is 13.8. The quantitative estimate of drug-likeness (QED) is 0.345. The first-order valence-electron chi connectivity index (χ1n) is 8.88. The van der Waals surface area contributed by atoms with Crippen molar-refractivity contribution >= 4 is 5.71 Å². The Kier molecular flexibility index (Phi) is 7.64. The second-order valence-corrected chi connectivity index (χ2v) is 6.23. The Morgan fingerprint density at radius 2 is 1.83 bits per heavy atom. The van der Waals surface area contributed by atoms with Crippen molar-refractivity contribution in [1.82, 2.24) is 4.98 Å². The molecule has 29 heavy (non-hydrogen) atoms. The molecule has 0 atom stereocenters. The van der Waals surface area contributed by atoms with Crippen LogP contribution in [0, 0.1) is 13.8 Å². The summed E-state index contributed by atoms with van der Waals surface area (Å²) in [5.41, 5.74) is 0.916. The number of benzene rings is 1. The van der Waals surface area contributed by atoms with Crippen LogP contribution in [0.25, 0.3) is 0 Å². The van der Waals surface area contributed by atoms with Crippen molar-refractivity contribution < 1.29 is 27.5 Å². The molecule has 0 aliphatic heterocycles. The molecule has 1 aromatic carbocycles. The van der Waals surface area contributed by atoms with E-state index in [1.165, 1.54) is 18.3 Å². The summed E-state index contributed by atoms with van der Waals surface area (Å²) in [6, 6.07) is 6.51. The lowest BCUT2D eigenvalue weighted by molar-refractivity contribution is -0.0609. The van der Waals surface area contributed by atoms with Gasteiger partial charge in [0.25, 0.3) is 0 Å². The largest absolute Gasteiger partial charge is 0.490 e. The third kappa shape index (κ3) is 6.23. The number of hydrogen-bond acceptors (Lipinski definition) is 5. The molecule has 0 bridgehead atoms. The van der Waals surface area contributed by atoms with Crippen LogP contribution in [0.3, 0.4) is 0 Å². The first-order valence-corrected chi connectivity index (χ1v) is 8.88. The number of hydrogen-bond donors (Lipinski definition) is 0. The third-order valence-corrected chi connectivity index (χ3v) is 3.92. The van der Waals surface area contributed by atoms with Crippen LogP contribution in [0.15, 0.2) is 47.8 Å². The second kappa shape index (κ2) is 9.95. The number of allylic oxidation sites excluding steroid dienone is 1. The zero-order valence-electron chi connectivity index (χ0n) is 16.7. The molecule has 0 saturated heterocycles. The summed E-state index contributed by atoms with van der Waals surface area (Å²) in [5, 5.41) is 3.03. The molecule has 0 N–H and O–H groups in total. The lowest BCUT2D eigenvalue weighted by atomic mass is 10.1. The zero-order chi connectivity index (χ0) is 21.4. The highest BCUT2D eigenvalue weighted by Gasteiger charge is 2.38. The van der Waals surface area contributed by atoms with E-state index in [0.717, 1.165) is 24.0 Å². The minimum absolute atomic E-state index is 0.163. The summed E-state index contributed by atoms with van der Waals surface area (Å²) in [7, 11) is 1.05. The van der Waals surface area contributed by atoms with Gasteiger partial charge < -0.3 is 14.3 Å². The molecule has 0 aliphatic carbocycles. The van der Waals surface area contributed by atoms with Gasteiger partial charge >= 0.3 is 6.18 Å². The molecule has 0 unspecified atom stereocenters. The van der Waals surface area contributed by atoms with Gasteiger partial charge in [0.15, 0.2) is 0 Å². The Morgan fingerprint density at radius 1 is 1.14 bits per heavy atom. The normalized spacial score (nSPS) is 12.3. The minimum Gasteiger partial charge on any atom is -0.490 e. The molecule has 5 nitrogen and oxygen atoms in total. The van der Waals surface area contributed by atoms with Crippen molar-refractivity contribution in [2.24, 2.45) is 5.16 Å². The van der Waals surface area contributed by atoms with E-state index >= 15 is 0 Å². The number of ether oxygens (including phenoxy) is 2. The molecule has 1 heterocycles. The maximum absolute atomic E-state index is 13.0. The SMILES string of the molecule is C/C=C/COc1cc(C)c(OCc2ccc(/C(=N/OC)C(F)(F)F)nc2)c(C)c1. The molecule has 0 amide bonds. The lowest BCUT2D eigenvalue weighted by Gasteiger charge is -2.15. The summed E-state index contributed by atoms with van der Waals surface area (Å²) in [5.74, 6) is 1.44. The molecule has 1 aromatic heterocycles. The van der Waals surface area contributed by atoms with E-state index in [0.29, 0.717) is 17.9 Å². The number of pyridine rings is 1. The fraction of sp³-hybridized carbons (Fsp3) is 0.333. The van der Waals surface area contributed by atoms with Gasteiger partial charge in [-0.2, -0.15) is 13.2 Å². The van der Waals surface area contributed by atoms with Gasteiger partial charge in [0.05, 0.1) is 5.69 Å². The van der Waals surface area contributed by atoms with E-state index in [4.69, 9.17) is 9.47 Å². The van der Waals surface area contributed by atoms with E-state index in [1.54, 1.807) is 0 Å². The van der Waals surface area contributed by atoms with Crippen LogP contribution in [-0.4, -0.2) is 30.6 Å². The van der Waals surface area contributed by atoms with Crippen molar-refractivity contribution in [3.63, 3.8) is 0 Å². The van der Waals surface area contributed by atoms with Gasteiger partial charge in [-0.25, -0.2) is 0 Å². The Morgan fingerprint density at radius 3 is 2.34 bits per heavy atom. The van der Waals surface area contributed by atoms with E-state index in [-0.39, 0.29) is 12.3 Å². The summed E-state index contributed by atoms with van der Waals surface area (Å²) >= 11 is 0. The van der Waals surface area contributed by atoms with Crippen LogP contribution in [0.5, 0.6) is 11.5 Å². The highest BCUT2D eigenvalue weighted by atomic mass is 19.4. The number of nitrogens with zero attached hydrogens (tertiary/aromatic N) is 2. The molecular formula is C21H23F3N2O3. The van der Waals surface area contributed by atoms with E-state index in [2.05, 4.69) is 15.0 Å². The van der Waals surface area contributed by atoms with Gasteiger partial charge in [-0.05, 0) is 50.1 Å². The molecular weight excluding hydrogens is 385 g/mol. The molecule has 156 valence electrons. The highest BCUT2D eigenvalue weighted by Crippen LogP contribution is 2.29. The highest BCUT2D eigenvalue weighted by molar-refractivity contribution is 6.02. The fourth-order valence-corrected chi connectivity index (χ4v) is 2.60. The smallest absolute Gasteiger partial charge is 0.438 e. The summed E-state index contributed by atoms with van der Waals surface area (Å²) < 4.78 is 50.5. The Hall–Kier alpha value is -3.03. The molecule has 2 rings (SSSR count). The van der Waals surface area contributed by atoms with E-state index < -0.39 is 11.9 Å². The Balaban J connectivity index is 2.09. The van der Waals surface area contributed by atoms with Crippen LogP contribution < -0.4 is 9.47 Å². The minimum atomic E-state index is -4.66. The molecule has 8 heteroatoms. The number of aryl methyl sites for hydroxylation is 2. The summed E-state index contributed by atoms with van der Waals surface area (Å²) in [4.78, 5) is 8.12. The number of aromatic nitrogens is 1. The van der Waals surface area contributed by atoms with Crippen LogP contribution in [0.2, 0.25) is 0 Å². The van der Waals surface area contributed by atoms with Gasteiger partial charge in [0.2, 0.25) is 5.71 Å². The maximum Gasteiger partial charge on any atom is 0.438 e. The van der Waals surface area contributed by atoms with Gasteiger partial charge in [0, 0.05) is 11.8 Å². The van der Waals surface area contributed by atoms with Crippen LogP contribution in [-0.2, 0) is 11.4 Å². The van der Waals surface area contributed by atoms with E-state index in [9.17, 15) is 13.2 Å². The predicted octanol–water partition coefficient (Wildman–Crippen LogP) is 5.15. The number of rotatable bonds is 8. The monoisotopic (exact) mass is 408 g/mol. The van der Waals surface area contributed by atoms with E-state index in [1.807, 2.05) is 45.1 Å². The van der Waals surface area contributed by atoms with Crippen molar-refractivity contribution in [3.05, 3.63) is 65.0 Å². The fourth-order valence-electron chi connectivity index (χ4n) is 2.60.